The van der Waals surface area contributed by atoms with Gasteiger partial charge in [0, 0.05) is 17.9 Å². The Kier molecular flexibility index (Phi) is 7.67. The van der Waals surface area contributed by atoms with Crippen molar-refractivity contribution in [2.45, 2.75) is 57.4 Å². The van der Waals surface area contributed by atoms with E-state index in [2.05, 4.69) is 51.2 Å². The first-order valence-corrected chi connectivity index (χ1v) is 9.36. The molecule has 0 aromatic heterocycles. The lowest BCUT2D eigenvalue weighted by Crippen LogP contribution is -2.38. The summed E-state index contributed by atoms with van der Waals surface area (Å²) < 4.78 is 0. The fourth-order valence-corrected chi connectivity index (χ4v) is 3.78. The van der Waals surface area contributed by atoms with Gasteiger partial charge in [-0.05, 0) is 44.2 Å². The molecular weight excluding hydrogens is 310 g/mol. The molecule has 1 saturated carbocycles. The molecule has 2 rings (SSSR count). The van der Waals surface area contributed by atoms with Crippen LogP contribution >= 0.6 is 15.9 Å². The van der Waals surface area contributed by atoms with Gasteiger partial charge in [0.15, 0.2) is 0 Å². The zero-order chi connectivity index (χ0) is 14.0. The maximum Gasteiger partial charge on any atom is 0.0159 e. The molecule has 1 aromatic rings. The lowest BCUT2D eigenvalue weighted by atomic mass is 9.94. The van der Waals surface area contributed by atoms with Crippen LogP contribution in [0.1, 0.15) is 50.5 Å². The van der Waals surface area contributed by atoms with Gasteiger partial charge in [-0.15, -0.1) is 0 Å². The zero-order valence-corrected chi connectivity index (χ0v) is 14.2. The molecule has 0 heterocycles. The number of halogens is 1. The Morgan fingerprint density at radius 1 is 0.950 bits per heavy atom. The Morgan fingerprint density at radius 2 is 1.70 bits per heavy atom. The summed E-state index contributed by atoms with van der Waals surface area (Å²) >= 11 is 3.62. The van der Waals surface area contributed by atoms with Gasteiger partial charge < -0.3 is 0 Å². The molecule has 0 radical (unpaired) electrons. The lowest BCUT2D eigenvalue weighted by molar-refractivity contribution is 0.163. The number of alkyl halides is 1. The number of unbranched alkanes of at least 4 members (excludes halogenated alkanes) is 1. The number of benzene rings is 1. The predicted octanol–water partition coefficient (Wildman–Crippen LogP) is 5.04. The van der Waals surface area contributed by atoms with Crippen molar-refractivity contribution >= 4 is 15.9 Å². The summed E-state index contributed by atoms with van der Waals surface area (Å²) in [5.41, 5.74) is 1.48. The van der Waals surface area contributed by atoms with Gasteiger partial charge in [-0.25, -0.2) is 0 Å². The van der Waals surface area contributed by atoms with E-state index in [0.717, 1.165) is 11.4 Å². The van der Waals surface area contributed by atoms with Crippen molar-refractivity contribution in [3.63, 3.8) is 0 Å². The molecule has 1 fully saturated rings. The number of aryl methyl sites for hydroxylation is 1. The molecule has 0 aliphatic heterocycles. The highest BCUT2D eigenvalue weighted by molar-refractivity contribution is 9.09. The molecule has 1 aliphatic rings. The monoisotopic (exact) mass is 337 g/mol. The lowest BCUT2D eigenvalue weighted by Gasteiger charge is -2.34. The summed E-state index contributed by atoms with van der Waals surface area (Å²) in [6, 6.07) is 11.8. The van der Waals surface area contributed by atoms with Crippen molar-refractivity contribution in [3.05, 3.63) is 35.9 Å². The molecule has 1 nitrogen and oxygen atoms in total. The second kappa shape index (κ2) is 9.57. The van der Waals surface area contributed by atoms with E-state index >= 15 is 0 Å². The molecule has 0 spiro atoms. The van der Waals surface area contributed by atoms with E-state index in [-0.39, 0.29) is 0 Å². The highest BCUT2D eigenvalue weighted by Crippen LogP contribution is 2.23. The van der Waals surface area contributed by atoms with Crippen LogP contribution in [0.25, 0.3) is 0 Å². The van der Waals surface area contributed by atoms with Gasteiger partial charge in [0.2, 0.25) is 0 Å². The van der Waals surface area contributed by atoms with E-state index in [1.165, 1.54) is 70.0 Å². The van der Waals surface area contributed by atoms with E-state index in [4.69, 9.17) is 0 Å². The molecule has 112 valence electrons. The topological polar surface area (TPSA) is 3.24 Å². The quantitative estimate of drug-likeness (QED) is 0.474. The van der Waals surface area contributed by atoms with Crippen LogP contribution in [0.5, 0.6) is 0 Å². The fraction of sp³-hybridized carbons (Fsp3) is 0.667. The molecule has 0 unspecified atom stereocenters. The van der Waals surface area contributed by atoms with E-state index in [1.807, 2.05) is 0 Å². The molecule has 0 saturated heterocycles. The summed E-state index contributed by atoms with van der Waals surface area (Å²) in [5, 5.41) is 1.11. The molecule has 0 amide bonds. The van der Waals surface area contributed by atoms with Crippen molar-refractivity contribution < 1.29 is 0 Å². The maximum atomic E-state index is 3.62. The van der Waals surface area contributed by atoms with Gasteiger partial charge in [0.1, 0.15) is 0 Å². The molecule has 20 heavy (non-hydrogen) atoms. The van der Waals surface area contributed by atoms with Crippen LogP contribution in [-0.2, 0) is 6.42 Å². The predicted molar refractivity (Wildman–Crippen MR) is 91.6 cm³/mol. The minimum absolute atomic E-state index is 0.859. The van der Waals surface area contributed by atoms with Crippen molar-refractivity contribution in [3.8, 4) is 0 Å². The normalized spacial score (nSPS) is 16.7. The average molecular weight is 338 g/mol. The number of hydrogen-bond donors (Lipinski definition) is 0. The fourth-order valence-electron chi connectivity index (χ4n) is 3.32. The Labute approximate surface area is 132 Å². The molecule has 1 aromatic carbocycles. The van der Waals surface area contributed by atoms with Crippen molar-refractivity contribution in [1.29, 1.82) is 0 Å². The van der Waals surface area contributed by atoms with Crippen LogP contribution in [0.2, 0.25) is 0 Å². The minimum Gasteiger partial charge on any atom is -0.300 e. The van der Waals surface area contributed by atoms with Crippen LogP contribution in [0.4, 0.5) is 0 Å². The second-order valence-electron chi connectivity index (χ2n) is 5.96. The molecule has 0 N–H and O–H groups in total. The molecule has 2 heteroatoms. The first-order valence-electron chi connectivity index (χ1n) is 8.24. The third-order valence-electron chi connectivity index (χ3n) is 4.47. The van der Waals surface area contributed by atoms with Crippen LogP contribution in [-0.4, -0.2) is 29.4 Å². The van der Waals surface area contributed by atoms with Gasteiger partial charge in [-0.3, -0.25) is 4.90 Å². The first kappa shape index (κ1) is 16.0. The van der Waals surface area contributed by atoms with E-state index in [0.29, 0.717) is 0 Å². The standard InChI is InChI=1S/C18H28BrN/c19-14-16-20(18-12-5-2-6-13-18)15-8-7-11-17-9-3-1-4-10-17/h1,3-4,9-10,18H,2,5-8,11-16H2. The Hall–Kier alpha value is -0.340. The zero-order valence-electron chi connectivity index (χ0n) is 12.6. The van der Waals surface area contributed by atoms with Gasteiger partial charge in [0.25, 0.3) is 0 Å². The van der Waals surface area contributed by atoms with Gasteiger partial charge >= 0.3 is 0 Å². The maximum absolute atomic E-state index is 3.62. The van der Waals surface area contributed by atoms with Crippen LogP contribution in [0.3, 0.4) is 0 Å². The van der Waals surface area contributed by atoms with E-state index < -0.39 is 0 Å². The molecule has 1 aliphatic carbocycles. The van der Waals surface area contributed by atoms with Crippen LogP contribution in [0.15, 0.2) is 30.3 Å². The minimum atomic E-state index is 0.859. The molecular formula is C18H28BrN. The Morgan fingerprint density at radius 3 is 2.40 bits per heavy atom. The molecule has 0 bridgehead atoms. The Bertz CT molecular complexity index is 346. The van der Waals surface area contributed by atoms with E-state index in [9.17, 15) is 0 Å². The second-order valence-corrected chi connectivity index (χ2v) is 6.75. The highest BCUT2D eigenvalue weighted by atomic mass is 79.9. The number of rotatable bonds is 8. The van der Waals surface area contributed by atoms with Crippen LogP contribution < -0.4 is 0 Å². The van der Waals surface area contributed by atoms with Gasteiger partial charge in [0.05, 0.1) is 0 Å². The third-order valence-corrected chi connectivity index (χ3v) is 4.82. The highest BCUT2D eigenvalue weighted by Gasteiger charge is 2.19. The summed E-state index contributed by atoms with van der Waals surface area (Å²) in [6.07, 6.45) is 11.0. The third kappa shape index (κ3) is 5.57. The largest absolute Gasteiger partial charge is 0.300 e. The van der Waals surface area contributed by atoms with Crippen molar-refractivity contribution in [1.82, 2.24) is 4.90 Å². The van der Waals surface area contributed by atoms with Crippen molar-refractivity contribution in [2.75, 3.05) is 18.4 Å². The van der Waals surface area contributed by atoms with Gasteiger partial charge in [-0.1, -0.05) is 65.5 Å². The Balaban J connectivity index is 1.69. The average Bonchev–Trinajstić information content (AvgIpc) is 2.52. The SMILES string of the molecule is BrCCN(CCCCc1ccccc1)C1CCCCC1. The summed E-state index contributed by atoms with van der Waals surface area (Å²) in [5.74, 6) is 0. The van der Waals surface area contributed by atoms with E-state index in [1.54, 1.807) is 0 Å². The summed E-state index contributed by atoms with van der Waals surface area (Å²) in [6.45, 7) is 2.50. The first-order chi connectivity index (χ1) is 9.90. The number of hydrogen-bond acceptors (Lipinski definition) is 1. The number of nitrogens with zero attached hydrogens (tertiary/aromatic N) is 1. The van der Waals surface area contributed by atoms with Crippen molar-refractivity contribution in [2.24, 2.45) is 0 Å². The summed E-state index contributed by atoms with van der Waals surface area (Å²) in [7, 11) is 0. The van der Waals surface area contributed by atoms with Crippen LogP contribution in [0, 0.1) is 0 Å². The molecule has 0 atom stereocenters. The smallest absolute Gasteiger partial charge is 0.0159 e. The van der Waals surface area contributed by atoms with Gasteiger partial charge in [-0.2, -0.15) is 0 Å². The summed E-state index contributed by atoms with van der Waals surface area (Å²) in [4.78, 5) is 2.74.